The maximum absolute atomic E-state index is 13.0. The first-order valence-corrected chi connectivity index (χ1v) is 8.80. The van der Waals surface area contributed by atoms with E-state index in [4.69, 9.17) is 0 Å². The standard InChI is InChI=1S/C19H25N5O/c1-14(2)13-23-8-10-24(11-9-23)19(25)17-12-21-15(3)22-18(17)16-4-6-20-7-5-16/h4-7,12,14H,8-11,13H2,1-3H3. The van der Waals surface area contributed by atoms with Gasteiger partial charge in [0.2, 0.25) is 0 Å². The summed E-state index contributed by atoms with van der Waals surface area (Å²) in [5.74, 6) is 1.31. The summed E-state index contributed by atoms with van der Waals surface area (Å²) in [5.41, 5.74) is 2.14. The van der Waals surface area contributed by atoms with Gasteiger partial charge in [0.15, 0.2) is 0 Å². The van der Waals surface area contributed by atoms with Crippen molar-refractivity contribution in [3.05, 3.63) is 42.1 Å². The van der Waals surface area contributed by atoms with Crippen molar-refractivity contribution in [2.24, 2.45) is 5.92 Å². The molecule has 1 amide bonds. The van der Waals surface area contributed by atoms with E-state index in [9.17, 15) is 4.79 Å². The van der Waals surface area contributed by atoms with E-state index < -0.39 is 0 Å². The van der Waals surface area contributed by atoms with Gasteiger partial charge in [-0.25, -0.2) is 9.97 Å². The molecule has 3 heterocycles. The van der Waals surface area contributed by atoms with E-state index in [1.807, 2.05) is 24.0 Å². The molecule has 6 heteroatoms. The molecule has 0 aliphatic carbocycles. The lowest BCUT2D eigenvalue weighted by molar-refractivity contribution is 0.0624. The molecular formula is C19H25N5O. The van der Waals surface area contributed by atoms with Crippen molar-refractivity contribution in [2.45, 2.75) is 20.8 Å². The Kier molecular flexibility index (Phi) is 5.38. The van der Waals surface area contributed by atoms with Crippen LogP contribution in [0.1, 0.15) is 30.0 Å². The molecule has 2 aromatic heterocycles. The summed E-state index contributed by atoms with van der Waals surface area (Å²) in [6.07, 6.45) is 5.08. The average molecular weight is 339 g/mol. The number of rotatable bonds is 4. The van der Waals surface area contributed by atoms with Crippen LogP contribution in [0.4, 0.5) is 0 Å². The van der Waals surface area contributed by atoms with Crippen LogP contribution in [0.25, 0.3) is 11.3 Å². The Balaban J connectivity index is 1.79. The molecule has 0 unspecified atom stereocenters. The molecule has 2 aromatic rings. The maximum atomic E-state index is 13.0. The highest BCUT2D eigenvalue weighted by Crippen LogP contribution is 2.22. The SMILES string of the molecule is Cc1ncc(C(=O)N2CCN(CC(C)C)CC2)c(-c2ccncc2)n1. The number of aryl methyl sites for hydroxylation is 1. The summed E-state index contributed by atoms with van der Waals surface area (Å²) in [4.78, 5) is 30.2. The topological polar surface area (TPSA) is 62.2 Å². The number of aromatic nitrogens is 3. The van der Waals surface area contributed by atoms with Crippen LogP contribution in [-0.4, -0.2) is 63.4 Å². The van der Waals surface area contributed by atoms with Crippen molar-refractivity contribution in [1.29, 1.82) is 0 Å². The third-order valence-corrected chi connectivity index (χ3v) is 4.38. The van der Waals surface area contributed by atoms with E-state index in [1.165, 1.54) is 0 Å². The first kappa shape index (κ1) is 17.5. The van der Waals surface area contributed by atoms with Gasteiger partial charge in [-0.3, -0.25) is 14.7 Å². The highest BCUT2D eigenvalue weighted by molar-refractivity contribution is 5.99. The molecule has 0 bridgehead atoms. The summed E-state index contributed by atoms with van der Waals surface area (Å²) in [5, 5.41) is 0. The number of amides is 1. The predicted molar refractivity (Wildman–Crippen MR) is 97.2 cm³/mol. The second kappa shape index (κ2) is 7.70. The fourth-order valence-corrected chi connectivity index (χ4v) is 3.18. The van der Waals surface area contributed by atoms with Gasteiger partial charge < -0.3 is 4.90 Å². The Morgan fingerprint density at radius 2 is 1.84 bits per heavy atom. The van der Waals surface area contributed by atoms with Crippen LogP contribution in [0, 0.1) is 12.8 Å². The summed E-state index contributed by atoms with van der Waals surface area (Å²) < 4.78 is 0. The minimum absolute atomic E-state index is 0.0102. The number of hydrogen-bond donors (Lipinski definition) is 0. The lowest BCUT2D eigenvalue weighted by atomic mass is 10.1. The largest absolute Gasteiger partial charge is 0.336 e. The van der Waals surface area contributed by atoms with E-state index in [2.05, 4.69) is 33.7 Å². The molecule has 0 spiro atoms. The van der Waals surface area contributed by atoms with Gasteiger partial charge in [0.05, 0.1) is 11.3 Å². The first-order chi connectivity index (χ1) is 12.0. The average Bonchev–Trinajstić information content (AvgIpc) is 2.62. The van der Waals surface area contributed by atoms with Crippen LogP contribution < -0.4 is 0 Å². The Morgan fingerprint density at radius 1 is 1.16 bits per heavy atom. The summed E-state index contributed by atoms with van der Waals surface area (Å²) in [6.45, 7) is 10.7. The Labute approximate surface area is 148 Å². The van der Waals surface area contributed by atoms with Crippen molar-refractivity contribution >= 4 is 5.91 Å². The van der Waals surface area contributed by atoms with Gasteiger partial charge in [0, 0.05) is 56.9 Å². The van der Waals surface area contributed by atoms with Gasteiger partial charge in [0.1, 0.15) is 5.82 Å². The molecule has 1 fully saturated rings. The zero-order valence-corrected chi connectivity index (χ0v) is 15.1. The van der Waals surface area contributed by atoms with E-state index in [0.29, 0.717) is 23.0 Å². The molecule has 25 heavy (non-hydrogen) atoms. The number of carbonyl (C=O) groups excluding carboxylic acids is 1. The van der Waals surface area contributed by atoms with Gasteiger partial charge in [-0.2, -0.15) is 0 Å². The normalized spacial score (nSPS) is 15.6. The van der Waals surface area contributed by atoms with Crippen LogP contribution in [0.5, 0.6) is 0 Å². The first-order valence-electron chi connectivity index (χ1n) is 8.80. The molecule has 0 aromatic carbocycles. The lowest BCUT2D eigenvalue weighted by Gasteiger charge is -2.35. The highest BCUT2D eigenvalue weighted by atomic mass is 16.2. The number of nitrogens with zero attached hydrogens (tertiary/aromatic N) is 5. The van der Waals surface area contributed by atoms with Gasteiger partial charge >= 0.3 is 0 Å². The Bertz CT molecular complexity index is 724. The summed E-state index contributed by atoms with van der Waals surface area (Å²) in [6, 6.07) is 3.75. The monoisotopic (exact) mass is 339 g/mol. The fraction of sp³-hybridized carbons (Fsp3) is 0.474. The Hall–Kier alpha value is -2.34. The van der Waals surface area contributed by atoms with Gasteiger partial charge in [-0.05, 0) is 25.0 Å². The molecule has 1 aliphatic rings. The third-order valence-electron chi connectivity index (χ3n) is 4.38. The number of hydrogen-bond acceptors (Lipinski definition) is 5. The van der Waals surface area contributed by atoms with Crippen LogP contribution in [0.2, 0.25) is 0 Å². The van der Waals surface area contributed by atoms with Crippen LogP contribution in [-0.2, 0) is 0 Å². The second-order valence-corrected chi connectivity index (χ2v) is 6.90. The van der Waals surface area contributed by atoms with E-state index >= 15 is 0 Å². The van der Waals surface area contributed by atoms with E-state index in [-0.39, 0.29) is 5.91 Å². The highest BCUT2D eigenvalue weighted by Gasteiger charge is 2.25. The molecule has 6 nitrogen and oxygen atoms in total. The smallest absolute Gasteiger partial charge is 0.257 e. The molecular weight excluding hydrogens is 314 g/mol. The van der Waals surface area contributed by atoms with Crippen LogP contribution in [0.15, 0.2) is 30.7 Å². The predicted octanol–water partition coefficient (Wildman–Crippen LogP) is 2.26. The number of piperazine rings is 1. The quantitative estimate of drug-likeness (QED) is 0.855. The van der Waals surface area contributed by atoms with Crippen molar-refractivity contribution in [3.8, 4) is 11.3 Å². The van der Waals surface area contributed by atoms with E-state index in [1.54, 1.807) is 18.6 Å². The van der Waals surface area contributed by atoms with Crippen LogP contribution >= 0.6 is 0 Å². The van der Waals surface area contributed by atoms with Crippen molar-refractivity contribution in [1.82, 2.24) is 24.8 Å². The van der Waals surface area contributed by atoms with Gasteiger partial charge in [-0.15, -0.1) is 0 Å². The summed E-state index contributed by atoms with van der Waals surface area (Å²) in [7, 11) is 0. The molecule has 132 valence electrons. The van der Waals surface area contributed by atoms with Crippen molar-refractivity contribution < 1.29 is 4.79 Å². The second-order valence-electron chi connectivity index (χ2n) is 6.90. The van der Waals surface area contributed by atoms with Crippen molar-refractivity contribution in [2.75, 3.05) is 32.7 Å². The Morgan fingerprint density at radius 3 is 2.48 bits per heavy atom. The van der Waals surface area contributed by atoms with Crippen molar-refractivity contribution in [3.63, 3.8) is 0 Å². The zero-order chi connectivity index (χ0) is 17.8. The maximum Gasteiger partial charge on any atom is 0.257 e. The fourth-order valence-electron chi connectivity index (χ4n) is 3.18. The zero-order valence-electron chi connectivity index (χ0n) is 15.1. The molecule has 3 rings (SSSR count). The minimum atomic E-state index is 0.0102. The van der Waals surface area contributed by atoms with E-state index in [0.717, 1.165) is 38.3 Å². The molecule has 0 saturated carbocycles. The molecule has 0 radical (unpaired) electrons. The minimum Gasteiger partial charge on any atom is -0.336 e. The molecule has 0 atom stereocenters. The van der Waals surface area contributed by atoms with Crippen LogP contribution in [0.3, 0.4) is 0 Å². The van der Waals surface area contributed by atoms with Gasteiger partial charge in [-0.1, -0.05) is 13.8 Å². The molecule has 1 aliphatic heterocycles. The molecule has 1 saturated heterocycles. The summed E-state index contributed by atoms with van der Waals surface area (Å²) >= 11 is 0. The number of pyridine rings is 1. The lowest BCUT2D eigenvalue weighted by Crippen LogP contribution is -2.49. The molecule has 0 N–H and O–H groups in total. The van der Waals surface area contributed by atoms with Gasteiger partial charge in [0.25, 0.3) is 5.91 Å². The number of carbonyl (C=O) groups is 1. The third kappa shape index (κ3) is 4.20.